The summed E-state index contributed by atoms with van der Waals surface area (Å²) in [5.74, 6) is 0.0114. The minimum Gasteiger partial charge on any atom is -0.508 e. The Hall–Kier alpha value is -3.55. The summed E-state index contributed by atoms with van der Waals surface area (Å²) >= 11 is 0. The van der Waals surface area contributed by atoms with Crippen LogP contribution in [0, 0.1) is 11.7 Å². The van der Waals surface area contributed by atoms with Crippen LogP contribution in [-0.2, 0) is 11.3 Å². The average molecular weight is 544 g/mol. The topological polar surface area (TPSA) is 64.1 Å². The summed E-state index contributed by atoms with van der Waals surface area (Å²) < 4.78 is 13.8. The highest BCUT2D eigenvalue weighted by atomic mass is 19.1. The predicted molar refractivity (Wildman–Crippen MR) is 154 cm³/mol. The van der Waals surface area contributed by atoms with Crippen molar-refractivity contribution in [1.29, 1.82) is 0 Å². The summed E-state index contributed by atoms with van der Waals surface area (Å²) in [4.78, 5) is 31.3. The lowest BCUT2D eigenvalue weighted by molar-refractivity contribution is -0.112. The molecular formula is C33H38FN3O3. The normalized spacial score (nSPS) is 21.7. The summed E-state index contributed by atoms with van der Waals surface area (Å²) in [7, 11) is 0. The Morgan fingerprint density at radius 3 is 2.35 bits per heavy atom. The summed E-state index contributed by atoms with van der Waals surface area (Å²) in [5, 5.41) is 10.4. The van der Waals surface area contributed by atoms with Gasteiger partial charge < -0.3 is 14.8 Å². The van der Waals surface area contributed by atoms with Gasteiger partial charge in [-0.05, 0) is 79.8 Å². The van der Waals surface area contributed by atoms with Crippen LogP contribution in [0.25, 0.3) is 0 Å². The lowest BCUT2D eigenvalue weighted by Crippen LogP contribution is -2.56. The highest BCUT2D eigenvalue weighted by molar-refractivity contribution is 5.94. The maximum absolute atomic E-state index is 13.8. The Morgan fingerprint density at radius 2 is 1.65 bits per heavy atom. The first-order valence-corrected chi connectivity index (χ1v) is 14.2. The fourth-order valence-electron chi connectivity index (χ4n) is 6.21. The van der Waals surface area contributed by atoms with Crippen LogP contribution in [-0.4, -0.2) is 70.3 Å². The standard InChI is InChI=1S/C33H38FN3O3/c1-23-20-37(24(2)19-36(23)21-26-6-3-10-30(34)16-26)32(28-8-5-11-31(39)18-28)27-7-4-9-29(17-27)33(40)35-14-12-25(22-38)13-15-35/h3-11,16-18,22-25,32,39H,12-15,19-21H2,1-2H3/t23-,24+,32-/m1/s1. The molecular weight excluding hydrogens is 505 g/mol. The van der Waals surface area contributed by atoms with Crippen LogP contribution in [0.15, 0.2) is 72.8 Å². The van der Waals surface area contributed by atoms with Gasteiger partial charge >= 0.3 is 0 Å². The highest BCUT2D eigenvalue weighted by Crippen LogP contribution is 2.35. The van der Waals surface area contributed by atoms with Crippen molar-refractivity contribution in [3.8, 4) is 5.75 Å². The zero-order valence-corrected chi connectivity index (χ0v) is 23.2. The molecule has 1 amide bonds. The number of hydrogen-bond donors (Lipinski definition) is 1. The number of halogens is 1. The number of hydrogen-bond acceptors (Lipinski definition) is 5. The third-order valence-electron chi connectivity index (χ3n) is 8.42. The number of carbonyl (C=O) groups is 2. The van der Waals surface area contributed by atoms with Gasteiger partial charge in [-0.1, -0.05) is 36.4 Å². The second kappa shape index (κ2) is 12.3. The van der Waals surface area contributed by atoms with E-state index in [1.165, 1.54) is 6.07 Å². The van der Waals surface area contributed by atoms with E-state index >= 15 is 0 Å². The third-order valence-corrected chi connectivity index (χ3v) is 8.42. The van der Waals surface area contributed by atoms with E-state index in [9.17, 15) is 19.1 Å². The number of likely N-dealkylation sites (tertiary alicyclic amines) is 1. The van der Waals surface area contributed by atoms with E-state index in [1.807, 2.05) is 41.3 Å². The molecule has 210 valence electrons. The zero-order chi connectivity index (χ0) is 28.2. The fraction of sp³-hybridized carbons (Fsp3) is 0.394. The molecule has 5 rings (SSSR count). The van der Waals surface area contributed by atoms with Crippen LogP contribution >= 0.6 is 0 Å². The second-order valence-electron chi connectivity index (χ2n) is 11.3. The number of phenols is 1. The van der Waals surface area contributed by atoms with Crippen molar-refractivity contribution in [3.05, 3.63) is 101 Å². The molecule has 6 nitrogen and oxygen atoms in total. The molecule has 0 unspecified atom stereocenters. The lowest BCUT2D eigenvalue weighted by Gasteiger charge is -2.47. The van der Waals surface area contributed by atoms with Crippen LogP contribution in [0.2, 0.25) is 0 Å². The van der Waals surface area contributed by atoms with Gasteiger partial charge in [0, 0.05) is 56.3 Å². The molecule has 7 heteroatoms. The van der Waals surface area contributed by atoms with Crippen LogP contribution in [0.3, 0.4) is 0 Å². The minimum absolute atomic E-state index is 0.0119. The Balaban J connectivity index is 1.41. The van der Waals surface area contributed by atoms with Crippen molar-refractivity contribution >= 4 is 12.2 Å². The van der Waals surface area contributed by atoms with Gasteiger partial charge in [0.1, 0.15) is 17.9 Å². The van der Waals surface area contributed by atoms with Gasteiger partial charge in [-0.2, -0.15) is 0 Å². The van der Waals surface area contributed by atoms with Crippen molar-refractivity contribution in [1.82, 2.24) is 14.7 Å². The summed E-state index contributed by atoms with van der Waals surface area (Å²) in [6.45, 7) is 7.83. The Morgan fingerprint density at radius 1 is 0.950 bits per heavy atom. The molecule has 0 spiro atoms. The predicted octanol–water partition coefficient (Wildman–Crippen LogP) is 5.27. The van der Waals surface area contributed by atoms with Gasteiger partial charge in [0.15, 0.2) is 0 Å². The quantitative estimate of drug-likeness (QED) is 0.412. The van der Waals surface area contributed by atoms with Crippen molar-refractivity contribution < 1.29 is 19.1 Å². The number of aldehydes is 1. The average Bonchev–Trinajstić information content (AvgIpc) is 2.95. The molecule has 2 aliphatic rings. The molecule has 0 saturated carbocycles. The number of nitrogens with zero attached hydrogens (tertiary/aromatic N) is 3. The van der Waals surface area contributed by atoms with Gasteiger partial charge in [-0.3, -0.25) is 14.6 Å². The molecule has 3 atom stereocenters. The molecule has 2 heterocycles. The molecule has 0 radical (unpaired) electrons. The van der Waals surface area contributed by atoms with Crippen LogP contribution in [0.1, 0.15) is 59.8 Å². The molecule has 40 heavy (non-hydrogen) atoms. The van der Waals surface area contributed by atoms with Gasteiger partial charge in [0.2, 0.25) is 0 Å². The van der Waals surface area contributed by atoms with E-state index in [0.717, 1.165) is 36.1 Å². The van der Waals surface area contributed by atoms with Gasteiger partial charge in [0.05, 0.1) is 6.04 Å². The molecule has 0 bridgehead atoms. The van der Waals surface area contributed by atoms with Gasteiger partial charge in [-0.15, -0.1) is 0 Å². The number of aromatic hydroxyl groups is 1. The molecule has 0 aromatic heterocycles. The minimum atomic E-state index is -0.219. The monoisotopic (exact) mass is 543 g/mol. The van der Waals surface area contributed by atoms with Crippen molar-refractivity contribution in [2.45, 2.75) is 51.4 Å². The molecule has 2 saturated heterocycles. The molecule has 2 fully saturated rings. The fourth-order valence-corrected chi connectivity index (χ4v) is 6.21. The SMILES string of the molecule is C[C@@H]1CN([C@@H](c2cccc(O)c2)c2cccc(C(=O)N3CCC(C=O)CC3)c2)[C@@H](C)CN1Cc1cccc(F)c1. The molecule has 3 aromatic carbocycles. The largest absolute Gasteiger partial charge is 0.508 e. The van der Waals surface area contributed by atoms with Crippen molar-refractivity contribution in [2.75, 3.05) is 26.2 Å². The van der Waals surface area contributed by atoms with Gasteiger partial charge in [-0.25, -0.2) is 4.39 Å². The number of rotatable bonds is 7. The maximum Gasteiger partial charge on any atom is 0.253 e. The molecule has 2 aliphatic heterocycles. The Kier molecular flexibility index (Phi) is 8.62. The number of benzene rings is 3. The summed E-state index contributed by atoms with van der Waals surface area (Å²) in [5.41, 5.74) is 3.56. The number of piperazine rings is 1. The third kappa shape index (κ3) is 6.26. The van der Waals surface area contributed by atoms with E-state index < -0.39 is 0 Å². The van der Waals surface area contributed by atoms with Crippen molar-refractivity contribution in [3.63, 3.8) is 0 Å². The lowest BCUT2D eigenvalue weighted by atomic mass is 9.92. The van der Waals surface area contributed by atoms with E-state index in [-0.39, 0.29) is 41.5 Å². The van der Waals surface area contributed by atoms with Crippen LogP contribution in [0.5, 0.6) is 5.75 Å². The molecule has 1 N–H and O–H groups in total. The zero-order valence-electron chi connectivity index (χ0n) is 23.2. The van der Waals surface area contributed by atoms with E-state index in [4.69, 9.17) is 0 Å². The van der Waals surface area contributed by atoms with E-state index in [0.29, 0.717) is 38.0 Å². The molecule has 3 aromatic rings. The second-order valence-corrected chi connectivity index (χ2v) is 11.3. The highest BCUT2D eigenvalue weighted by Gasteiger charge is 2.35. The van der Waals surface area contributed by atoms with E-state index in [2.05, 4.69) is 29.7 Å². The van der Waals surface area contributed by atoms with Gasteiger partial charge in [0.25, 0.3) is 5.91 Å². The van der Waals surface area contributed by atoms with E-state index in [1.54, 1.807) is 24.3 Å². The number of carbonyl (C=O) groups excluding carboxylic acids is 2. The maximum atomic E-state index is 13.8. The number of phenolic OH excluding ortho intramolecular Hbond substituents is 1. The first-order chi connectivity index (χ1) is 19.3. The number of piperidine rings is 1. The smallest absolute Gasteiger partial charge is 0.253 e. The van der Waals surface area contributed by atoms with Crippen LogP contribution < -0.4 is 0 Å². The first-order valence-electron chi connectivity index (χ1n) is 14.2. The molecule has 0 aliphatic carbocycles. The Labute approximate surface area is 236 Å². The van der Waals surface area contributed by atoms with Crippen LogP contribution in [0.4, 0.5) is 4.39 Å². The van der Waals surface area contributed by atoms with Crippen molar-refractivity contribution in [2.24, 2.45) is 5.92 Å². The summed E-state index contributed by atoms with van der Waals surface area (Å²) in [6.07, 6.45) is 2.41. The Bertz CT molecular complexity index is 1340. The number of amides is 1. The first kappa shape index (κ1) is 28.0. The summed E-state index contributed by atoms with van der Waals surface area (Å²) in [6, 6.07) is 22.2.